The van der Waals surface area contributed by atoms with Gasteiger partial charge in [0, 0.05) is 43.0 Å². The predicted molar refractivity (Wildman–Crippen MR) is 95.5 cm³/mol. The van der Waals surface area contributed by atoms with Crippen LogP contribution in [0.4, 0.5) is 5.69 Å². The van der Waals surface area contributed by atoms with E-state index in [2.05, 4.69) is 11.5 Å². The standard InChI is InChI=1S/C20H20N2O2/c1-2-19(23)16-8-10-18(11-9-16)21-12-14-22(15-13-21)20(24)17-6-4-3-5-7-17/h2-11H,1,12-15H2. The number of nitrogens with zero attached hydrogens (tertiary/aromatic N) is 2. The average molecular weight is 320 g/mol. The lowest BCUT2D eigenvalue weighted by Gasteiger charge is -2.36. The monoisotopic (exact) mass is 320 g/mol. The molecule has 0 unspecified atom stereocenters. The number of hydrogen-bond acceptors (Lipinski definition) is 3. The molecule has 2 aromatic rings. The molecule has 2 aromatic carbocycles. The van der Waals surface area contributed by atoms with Gasteiger partial charge >= 0.3 is 0 Å². The number of benzene rings is 2. The molecule has 0 radical (unpaired) electrons. The molecule has 0 N–H and O–H groups in total. The van der Waals surface area contributed by atoms with Crippen molar-refractivity contribution in [3.8, 4) is 0 Å². The first-order valence-corrected chi connectivity index (χ1v) is 8.05. The number of anilines is 1. The fourth-order valence-corrected chi connectivity index (χ4v) is 2.89. The topological polar surface area (TPSA) is 40.6 Å². The first-order valence-electron chi connectivity index (χ1n) is 8.05. The number of carbonyl (C=O) groups is 2. The molecule has 0 aliphatic carbocycles. The molecule has 0 spiro atoms. The molecule has 0 bridgehead atoms. The molecule has 0 aromatic heterocycles. The average Bonchev–Trinajstić information content (AvgIpc) is 2.68. The minimum Gasteiger partial charge on any atom is -0.368 e. The van der Waals surface area contributed by atoms with Gasteiger partial charge in [0.15, 0.2) is 5.78 Å². The molecule has 0 atom stereocenters. The summed E-state index contributed by atoms with van der Waals surface area (Å²) in [5.41, 5.74) is 2.45. The van der Waals surface area contributed by atoms with Crippen molar-refractivity contribution in [3.05, 3.63) is 78.4 Å². The molecule has 1 fully saturated rings. The highest BCUT2D eigenvalue weighted by atomic mass is 16.2. The van der Waals surface area contributed by atoms with Crippen LogP contribution in [-0.4, -0.2) is 42.8 Å². The summed E-state index contributed by atoms with van der Waals surface area (Å²) >= 11 is 0. The van der Waals surface area contributed by atoms with Crippen LogP contribution in [-0.2, 0) is 0 Å². The van der Waals surface area contributed by atoms with Crippen molar-refractivity contribution in [1.82, 2.24) is 4.90 Å². The number of rotatable bonds is 4. The molecular weight excluding hydrogens is 300 g/mol. The second-order valence-corrected chi connectivity index (χ2v) is 5.76. The lowest BCUT2D eigenvalue weighted by atomic mass is 10.1. The van der Waals surface area contributed by atoms with E-state index < -0.39 is 0 Å². The normalized spacial score (nSPS) is 14.3. The Balaban J connectivity index is 1.62. The van der Waals surface area contributed by atoms with Gasteiger partial charge in [-0.3, -0.25) is 9.59 Å². The van der Waals surface area contributed by atoms with E-state index in [4.69, 9.17) is 0 Å². The van der Waals surface area contributed by atoms with Crippen LogP contribution < -0.4 is 4.90 Å². The SMILES string of the molecule is C=CC(=O)c1ccc(N2CCN(C(=O)c3ccccc3)CC2)cc1. The van der Waals surface area contributed by atoms with E-state index in [0.717, 1.165) is 24.3 Å². The van der Waals surface area contributed by atoms with Gasteiger partial charge in [-0.2, -0.15) is 0 Å². The van der Waals surface area contributed by atoms with Crippen molar-refractivity contribution >= 4 is 17.4 Å². The van der Waals surface area contributed by atoms with Gasteiger partial charge in [0.2, 0.25) is 0 Å². The van der Waals surface area contributed by atoms with Gasteiger partial charge < -0.3 is 9.80 Å². The molecule has 4 nitrogen and oxygen atoms in total. The predicted octanol–water partition coefficient (Wildman–Crippen LogP) is 3.02. The number of ketones is 1. The van der Waals surface area contributed by atoms with Gasteiger partial charge in [-0.1, -0.05) is 24.8 Å². The number of carbonyl (C=O) groups excluding carboxylic acids is 2. The lowest BCUT2D eigenvalue weighted by molar-refractivity contribution is 0.0746. The van der Waals surface area contributed by atoms with E-state index in [-0.39, 0.29) is 11.7 Å². The third-order valence-electron chi connectivity index (χ3n) is 4.29. The quantitative estimate of drug-likeness (QED) is 0.642. The van der Waals surface area contributed by atoms with Crippen molar-refractivity contribution in [1.29, 1.82) is 0 Å². The maximum Gasteiger partial charge on any atom is 0.253 e. The fourth-order valence-electron chi connectivity index (χ4n) is 2.89. The molecular formula is C20H20N2O2. The Bertz CT molecular complexity index is 730. The first-order chi connectivity index (χ1) is 11.7. The minimum atomic E-state index is -0.0696. The van der Waals surface area contributed by atoms with Crippen LogP contribution in [0, 0.1) is 0 Å². The first kappa shape index (κ1) is 16.0. The summed E-state index contributed by atoms with van der Waals surface area (Å²) in [5, 5.41) is 0. The van der Waals surface area contributed by atoms with E-state index in [1.807, 2.05) is 59.5 Å². The number of allylic oxidation sites excluding steroid dienone is 1. The van der Waals surface area contributed by atoms with Crippen LogP contribution >= 0.6 is 0 Å². The lowest BCUT2D eigenvalue weighted by Crippen LogP contribution is -2.48. The van der Waals surface area contributed by atoms with Crippen molar-refractivity contribution < 1.29 is 9.59 Å². The summed E-state index contributed by atoms with van der Waals surface area (Å²) in [6.45, 7) is 6.46. The summed E-state index contributed by atoms with van der Waals surface area (Å²) in [4.78, 5) is 28.2. The van der Waals surface area contributed by atoms with Crippen molar-refractivity contribution in [2.45, 2.75) is 0 Å². The largest absolute Gasteiger partial charge is 0.368 e. The molecule has 1 heterocycles. The van der Waals surface area contributed by atoms with Crippen LogP contribution in [0.2, 0.25) is 0 Å². The second-order valence-electron chi connectivity index (χ2n) is 5.76. The van der Waals surface area contributed by atoms with Crippen molar-refractivity contribution in [2.24, 2.45) is 0 Å². The van der Waals surface area contributed by atoms with Gasteiger partial charge in [-0.25, -0.2) is 0 Å². The maximum absolute atomic E-state index is 12.5. The Morgan fingerprint density at radius 1 is 0.833 bits per heavy atom. The van der Waals surface area contributed by atoms with Gasteiger partial charge in [-0.05, 0) is 42.5 Å². The molecule has 1 saturated heterocycles. The molecule has 24 heavy (non-hydrogen) atoms. The molecule has 1 amide bonds. The minimum absolute atomic E-state index is 0.0696. The highest BCUT2D eigenvalue weighted by Crippen LogP contribution is 2.18. The van der Waals surface area contributed by atoms with E-state index in [1.165, 1.54) is 6.08 Å². The molecule has 0 saturated carbocycles. The Morgan fingerprint density at radius 2 is 1.46 bits per heavy atom. The van der Waals surface area contributed by atoms with Crippen molar-refractivity contribution in [3.63, 3.8) is 0 Å². The fraction of sp³-hybridized carbons (Fsp3) is 0.200. The van der Waals surface area contributed by atoms with Gasteiger partial charge in [0.05, 0.1) is 0 Å². The Labute approximate surface area is 142 Å². The zero-order chi connectivity index (χ0) is 16.9. The summed E-state index contributed by atoms with van der Waals surface area (Å²) in [7, 11) is 0. The molecule has 1 aliphatic rings. The van der Waals surface area contributed by atoms with Crippen LogP contribution in [0.5, 0.6) is 0 Å². The van der Waals surface area contributed by atoms with Crippen molar-refractivity contribution in [2.75, 3.05) is 31.1 Å². The zero-order valence-electron chi connectivity index (χ0n) is 13.5. The third-order valence-corrected chi connectivity index (χ3v) is 4.29. The molecule has 4 heteroatoms. The van der Waals surface area contributed by atoms with Gasteiger partial charge in [-0.15, -0.1) is 0 Å². The van der Waals surface area contributed by atoms with Crippen LogP contribution in [0.1, 0.15) is 20.7 Å². The smallest absolute Gasteiger partial charge is 0.253 e. The van der Waals surface area contributed by atoms with Gasteiger partial charge in [0.1, 0.15) is 0 Å². The highest BCUT2D eigenvalue weighted by Gasteiger charge is 2.22. The van der Waals surface area contributed by atoms with E-state index in [1.54, 1.807) is 0 Å². The maximum atomic E-state index is 12.5. The second kappa shape index (κ2) is 7.13. The number of piperazine rings is 1. The molecule has 122 valence electrons. The van der Waals surface area contributed by atoms with Gasteiger partial charge in [0.25, 0.3) is 5.91 Å². The summed E-state index contributed by atoms with van der Waals surface area (Å²) in [6, 6.07) is 16.9. The Hall–Kier alpha value is -2.88. The van der Waals surface area contributed by atoms with Crippen LogP contribution in [0.15, 0.2) is 67.3 Å². The zero-order valence-corrected chi connectivity index (χ0v) is 13.5. The van der Waals surface area contributed by atoms with E-state index in [0.29, 0.717) is 18.7 Å². The highest BCUT2D eigenvalue weighted by molar-refractivity contribution is 6.04. The Morgan fingerprint density at radius 3 is 2.04 bits per heavy atom. The number of amides is 1. The van der Waals surface area contributed by atoms with E-state index >= 15 is 0 Å². The third kappa shape index (κ3) is 3.38. The summed E-state index contributed by atoms with van der Waals surface area (Å²) in [5.74, 6) is 0.0157. The van der Waals surface area contributed by atoms with E-state index in [9.17, 15) is 9.59 Å². The van der Waals surface area contributed by atoms with Crippen LogP contribution in [0.3, 0.4) is 0 Å². The summed E-state index contributed by atoms with van der Waals surface area (Å²) in [6.07, 6.45) is 1.32. The molecule has 1 aliphatic heterocycles. The Kier molecular flexibility index (Phi) is 4.75. The molecule has 3 rings (SSSR count). The summed E-state index contributed by atoms with van der Waals surface area (Å²) < 4.78 is 0. The van der Waals surface area contributed by atoms with Crippen LogP contribution in [0.25, 0.3) is 0 Å². The number of hydrogen-bond donors (Lipinski definition) is 0.